The van der Waals surface area contributed by atoms with E-state index in [1.807, 2.05) is 0 Å². The van der Waals surface area contributed by atoms with Crippen molar-refractivity contribution in [2.75, 3.05) is 19.6 Å². The molecule has 2 heterocycles. The summed E-state index contributed by atoms with van der Waals surface area (Å²) >= 11 is 0. The normalized spacial score (nSPS) is 23.9. The second-order valence-electron chi connectivity index (χ2n) is 5.31. The maximum atomic E-state index is 4.78. The second-order valence-corrected chi connectivity index (χ2v) is 5.31. The Bertz CT molecular complexity index is 514. The Morgan fingerprint density at radius 1 is 1.35 bits per heavy atom. The molecule has 2 aromatic rings. The van der Waals surface area contributed by atoms with Crippen LogP contribution in [0, 0.1) is 0 Å². The molecule has 0 bridgehead atoms. The largest absolute Gasteiger partial charge is 0.343 e. The second kappa shape index (κ2) is 6.15. The van der Waals surface area contributed by atoms with Gasteiger partial charge in [-0.25, -0.2) is 0 Å². The van der Waals surface area contributed by atoms with Gasteiger partial charge < -0.3 is 9.84 Å². The van der Waals surface area contributed by atoms with Crippen molar-refractivity contribution < 1.29 is 4.52 Å². The van der Waals surface area contributed by atoms with Gasteiger partial charge in [-0.05, 0) is 12.5 Å². The van der Waals surface area contributed by atoms with Crippen molar-refractivity contribution >= 4 is 0 Å². The summed E-state index contributed by atoms with van der Waals surface area (Å²) in [6.45, 7) is 5.24. The average molecular weight is 272 g/mol. The van der Waals surface area contributed by atoms with Crippen LogP contribution in [0.25, 0.3) is 0 Å². The molecule has 1 N–H and O–H groups in total. The van der Waals surface area contributed by atoms with E-state index in [1.165, 1.54) is 12.0 Å². The van der Waals surface area contributed by atoms with E-state index < -0.39 is 0 Å². The van der Waals surface area contributed by atoms with E-state index in [4.69, 9.17) is 4.52 Å². The summed E-state index contributed by atoms with van der Waals surface area (Å²) in [5.74, 6) is 0.784. The van der Waals surface area contributed by atoms with Gasteiger partial charge >= 0.3 is 0 Å². The van der Waals surface area contributed by atoms with E-state index in [2.05, 4.69) is 57.6 Å². The minimum absolute atomic E-state index is 0.401. The predicted molar refractivity (Wildman–Crippen MR) is 76.2 cm³/mol. The highest BCUT2D eigenvalue weighted by Gasteiger charge is 2.25. The molecule has 1 aliphatic rings. The van der Waals surface area contributed by atoms with Crippen LogP contribution >= 0.6 is 0 Å². The zero-order chi connectivity index (χ0) is 13.8. The molecule has 20 heavy (non-hydrogen) atoms. The molecule has 0 aliphatic carbocycles. The van der Waals surface area contributed by atoms with Gasteiger partial charge in [0.15, 0.2) is 5.82 Å². The zero-order valence-electron chi connectivity index (χ0n) is 11.7. The number of aromatic nitrogens is 2. The van der Waals surface area contributed by atoms with Gasteiger partial charge in [-0.1, -0.05) is 35.5 Å². The first-order valence-corrected chi connectivity index (χ1v) is 7.10. The van der Waals surface area contributed by atoms with Crippen molar-refractivity contribution in [1.82, 2.24) is 20.4 Å². The number of hydrogen-bond donors (Lipinski definition) is 1. The molecule has 0 amide bonds. The van der Waals surface area contributed by atoms with Crippen LogP contribution in [0.2, 0.25) is 0 Å². The molecule has 1 aromatic carbocycles. The topological polar surface area (TPSA) is 54.2 Å². The lowest BCUT2D eigenvalue weighted by Gasteiger charge is -2.38. The summed E-state index contributed by atoms with van der Waals surface area (Å²) in [4.78, 5) is 6.57. The molecule has 106 valence electrons. The van der Waals surface area contributed by atoms with Gasteiger partial charge in [-0.15, -0.1) is 0 Å². The smallest absolute Gasteiger partial charge is 0.213 e. The van der Waals surface area contributed by atoms with Crippen LogP contribution in [0.4, 0.5) is 0 Å². The van der Waals surface area contributed by atoms with Crippen LogP contribution < -0.4 is 5.32 Å². The number of hydrogen-bond acceptors (Lipinski definition) is 5. The molecule has 5 heteroatoms. The molecule has 0 spiro atoms. The minimum atomic E-state index is 0.401. The van der Waals surface area contributed by atoms with Gasteiger partial charge in [-0.2, -0.15) is 4.98 Å². The lowest BCUT2D eigenvalue weighted by atomic mass is 10.0. The van der Waals surface area contributed by atoms with E-state index in [9.17, 15) is 0 Å². The third-order valence-electron chi connectivity index (χ3n) is 3.93. The van der Waals surface area contributed by atoms with Crippen molar-refractivity contribution in [3.05, 3.63) is 48.1 Å². The highest BCUT2D eigenvalue weighted by atomic mass is 16.5. The van der Waals surface area contributed by atoms with Crippen molar-refractivity contribution in [2.45, 2.75) is 25.4 Å². The van der Waals surface area contributed by atoms with E-state index in [1.54, 1.807) is 0 Å². The number of piperazine rings is 1. The fraction of sp³-hybridized carbons (Fsp3) is 0.467. The van der Waals surface area contributed by atoms with Crippen LogP contribution in [0.15, 0.2) is 41.2 Å². The maximum absolute atomic E-state index is 4.78. The summed E-state index contributed by atoms with van der Waals surface area (Å²) in [6.07, 6.45) is 2.23. The van der Waals surface area contributed by atoms with Crippen molar-refractivity contribution in [3.63, 3.8) is 0 Å². The standard InChI is InChI=1S/C15H20N4O/c1-12-9-16-14(13-5-3-2-4-6-13)10-19(12)8-7-15-17-11-20-18-15/h2-6,11-12,14,16H,7-10H2,1H3. The van der Waals surface area contributed by atoms with E-state index >= 15 is 0 Å². The first kappa shape index (κ1) is 13.3. The van der Waals surface area contributed by atoms with E-state index in [0.717, 1.165) is 31.9 Å². The highest BCUT2D eigenvalue weighted by Crippen LogP contribution is 2.19. The van der Waals surface area contributed by atoms with Gasteiger partial charge in [0.05, 0.1) is 0 Å². The lowest BCUT2D eigenvalue weighted by molar-refractivity contribution is 0.142. The minimum Gasteiger partial charge on any atom is -0.343 e. The van der Waals surface area contributed by atoms with Gasteiger partial charge in [0.2, 0.25) is 6.39 Å². The van der Waals surface area contributed by atoms with Gasteiger partial charge in [0, 0.05) is 38.1 Å². The molecular formula is C15H20N4O. The zero-order valence-corrected chi connectivity index (χ0v) is 11.7. The summed E-state index contributed by atoms with van der Waals surface area (Å²) in [7, 11) is 0. The Hall–Kier alpha value is -1.72. The fourth-order valence-electron chi connectivity index (χ4n) is 2.69. The Morgan fingerprint density at radius 3 is 2.95 bits per heavy atom. The third-order valence-corrected chi connectivity index (χ3v) is 3.93. The predicted octanol–water partition coefficient (Wildman–Crippen LogP) is 1.65. The Balaban J connectivity index is 1.61. The summed E-state index contributed by atoms with van der Waals surface area (Å²) in [5, 5.41) is 7.49. The molecule has 0 saturated carbocycles. The maximum Gasteiger partial charge on any atom is 0.213 e. The molecular weight excluding hydrogens is 252 g/mol. The molecule has 3 rings (SSSR count). The fourth-order valence-corrected chi connectivity index (χ4v) is 2.69. The monoisotopic (exact) mass is 272 g/mol. The SMILES string of the molecule is CC1CNC(c2ccccc2)CN1CCc1ncon1. The lowest BCUT2D eigenvalue weighted by Crippen LogP contribution is -2.51. The van der Waals surface area contributed by atoms with Crippen molar-refractivity contribution in [1.29, 1.82) is 0 Å². The summed E-state index contributed by atoms with van der Waals surface area (Å²) in [6, 6.07) is 11.6. The van der Waals surface area contributed by atoms with E-state index in [0.29, 0.717) is 12.1 Å². The van der Waals surface area contributed by atoms with Crippen molar-refractivity contribution in [2.24, 2.45) is 0 Å². The highest BCUT2D eigenvalue weighted by molar-refractivity contribution is 5.20. The van der Waals surface area contributed by atoms with E-state index in [-0.39, 0.29) is 0 Å². The molecule has 1 fully saturated rings. The van der Waals surface area contributed by atoms with Crippen molar-refractivity contribution in [3.8, 4) is 0 Å². The first-order chi connectivity index (χ1) is 9.83. The molecule has 2 atom stereocenters. The van der Waals surface area contributed by atoms with Crippen LogP contribution in [0.1, 0.15) is 24.4 Å². The van der Waals surface area contributed by atoms with Gasteiger partial charge in [-0.3, -0.25) is 4.90 Å². The molecule has 1 saturated heterocycles. The Kier molecular flexibility index (Phi) is 4.08. The van der Waals surface area contributed by atoms with Crippen LogP contribution in [-0.2, 0) is 6.42 Å². The summed E-state index contributed by atoms with van der Waals surface area (Å²) in [5.41, 5.74) is 1.35. The number of benzene rings is 1. The van der Waals surface area contributed by atoms with Crippen LogP contribution in [0.5, 0.6) is 0 Å². The average Bonchev–Trinajstić information content (AvgIpc) is 3.01. The third kappa shape index (κ3) is 3.05. The molecule has 2 unspecified atom stereocenters. The molecule has 0 radical (unpaired) electrons. The van der Waals surface area contributed by atoms with Gasteiger partial charge in [0.1, 0.15) is 0 Å². The molecule has 1 aliphatic heterocycles. The molecule has 1 aromatic heterocycles. The van der Waals surface area contributed by atoms with Gasteiger partial charge in [0.25, 0.3) is 0 Å². The Labute approximate surface area is 119 Å². The first-order valence-electron chi connectivity index (χ1n) is 7.10. The number of nitrogens with one attached hydrogen (secondary N) is 1. The van der Waals surface area contributed by atoms with Crippen LogP contribution in [0.3, 0.4) is 0 Å². The van der Waals surface area contributed by atoms with Crippen LogP contribution in [-0.4, -0.2) is 40.7 Å². The number of rotatable bonds is 4. The number of nitrogens with zero attached hydrogens (tertiary/aromatic N) is 3. The quantitative estimate of drug-likeness (QED) is 0.917. The molecule has 5 nitrogen and oxygen atoms in total. The Morgan fingerprint density at radius 2 is 2.20 bits per heavy atom. The summed E-state index contributed by atoms with van der Waals surface area (Å²) < 4.78 is 4.78.